The summed E-state index contributed by atoms with van der Waals surface area (Å²) in [6, 6.07) is 14.6. The van der Waals surface area contributed by atoms with E-state index in [4.69, 9.17) is 20.9 Å². The first kappa shape index (κ1) is 25.5. The normalized spacial score (nSPS) is 18.8. The van der Waals surface area contributed by atoms with Crippen molar-refractivity contribution in [3.63, 3.8) is 0 Å². The van der Waals surface area contributed by atoms with Crippen molar-refractivity contribution >= 4 is 23.5 Å². The van der Waals surface area contributed by atoms with Gasteiger partial charge in [-0.25, -0.2) is 0 Å². The minimum atomic E-state index is 0.0136. The number of anilines is 1. The molecule has 37 heavy (non-hydrogen) atoms. The standard InChI is InChI=1S/C28H34ClN5O3/c1-19-3-5-20(6-4-19)17-33-12-9-21(18-33)16-30-27(35)22-10-13-34(14-11-22)28-31-26(32-37-28)24-8-7-23(36-2)15-25(24)29/h3-8,15,21-22H,9-14,16-18H2,1-2H3,(H,30,35). The van der Waals surface area contributed by atoms with Gasteiger partial charge in [-0.1, -0.05) is 46.6 Å². The Morgan fingerprint density at radius 2 is 1.92 bits per heavy atom. The second-order valence-electron chi connectivity index (χ2n) is 10.1. The molecule has 2 saturated heterocycles. The molecule has 9 heteroatoms. The molecule has 3 aromatic rings. The van der Waals surface area contributed by atoms with Crippen LogP contribution in [-0.4, -0.2) is 60.8 Å². The van der Waals surface area contributed by atoms with Crippen LogP contribution < -0.4 is 15.0 Å². The summed E-state index contributed by atoms with van der Waals surface area (Å²) in [7, 11) is 1.59. The Morgan fingerprint density at radius 3 is 2.65 bits per heavy atom. The van der Waals surface area contributed by atoms with E-state index in [-0.39, 0.29) is 11.8 Å². The maximum Gasteiger partial charge on any atom is 0.324 e. The molecule has 1 atom stereocenters. The molecule has 0 aliphatic carbocycles. The molecule has 1 amide bonds. The highest BCUT2D eigenvalue weighted by Crippen LogP contribution is 2.31. The van der Waals surface area contributed by atoms with E-state index in [1.54, 1.807) is 13.2 Å². The number of halogens is 1. The number of ether oxygens (including phenoxy) is 1. The van der Waals surface area contributed by atoms with E-state index in [1.165, 1.54) is 11.1 Å². The van der Waals surface area contributed by atoms with Crippen molar-refractivity contribution in [2.24, 2.45) is 11.8 Å². The summed E-state index contributed by atoms with van der Waals surface area (Å²) in [6.07, 6.45) is 2.65. The summed E-state index contributed by atoms with van der Waals surface area (Å²) < 4.78 is 10.7. The average molecular weight is 524 g/mol. The Morgan fingerprint density at radius 1 is 1.14 bits per heavy atom. The Kier molecular flexibility index (Phi) is 7.96. The minimum Gasteiger partial charge on any atom is -0.497 e. The number of nitrogens with one attached hydrogen (secondary N) is 1. The fraction of sp³-hybridized carbons (Fsp3) is 0.464. The number of likely N-dealkylation sites (tertiary alicyclic amines) is 1. The highest BCUT2D eigenvalue weighted by Gasteiger charge is 2.29. The number of piperidine rings is 1. The molecule has 8 nitrogen and oxygen atoms in total. The van der Waals surface area contributed by atoms with Gasteiger partial charge in [0.2, 0.25) is 11.7 Å². The number of aryl methyl sites for hydroxylation is 1. The van der Waals surface area contributed by atoms with Gasteiger partial charge in [-0.05, 0) is 62.4 Å². The largest absolute Gasteiger partial charge is 0.497 e. The molecule has 1 aromatic heterocycles. The van der Waals surface area contributed by atoms with Crippen LogP contribution in [0, 0.1) is 18.8 Å². The number of aromatic nitrogens is 2. The highest BCUT2D eigenvalue weighted by molar-refractivity contribution is 6.33. The third-order valence-corrected chi connectivity index (χ3v) is 7.74. The summed E-state index contributed by atoms with van der Waals surface area (Å²) >= 11 is 6.36. The molecule has 1 unspecified atom stereocenters. The van der Waals surface area contributed by atoms with Gasteiger partial charge in [-0.3, -0.25) is 9.69 Å². The molecule has 196 valence electrons. The van der Waals surface area contributed by atoms with E-state index >= 15 is 0 Å². The number of rotatable bonds is 8. The lowest BCUT2D eigenvalue weighted by Gasteiger charge is -2.30. The maximum absolute atomic E-state index is 12.9. The molecular formula is C28H34ClN5O3. The maximum atomic E-state index is 12.9. The van der Waals surface area contributed by atoms with Gasteiger partial charge in [-0.2, -0.15) is 4.98 Å². The predicted octanol–water partition coefficient (Wildman–Crippen LogP) is 4.56. The number of carbonyl (C=O) groups excluding carboxylic acids is 1. The molecule has 2 aromatic carbocycles. The summed E-state index contributed by atoms with van der Waals surface area (Å²) in [5.41, 5.74) is 3.33. The zero-order valence-corrected chi connectivity index (χ0v) is 22.2. The monoisotopic (exact) mass is 523 g/mol. The van der Waals surface area contributed by atoms with E-state index in [0.717, 1.165) is 45.4 Å². The second-order valence-corrected chi connectivity index (χ2v) is 10.5. The van der Waals surface area contributed by atoms with E-state index in [0.29, 0.717) is 47.2 Å². The van der Waals surface area contributed by atoms with Gasteiger partial charge >= 0.3 is 6.01 Å². The van der Waals surface area contributed by atoms with E-state index in [2.05, 4.69) is 51.5 Å². The van der Waals surface area contributed by atoms with Crippen LogP contribution in [0.5, 0.6) is 5.75 Å². The summed E-state index contributed by atoms with van der Waals surface area (Å²) in [5.74, 6) is 1.80. The molecule has 2 aliphatic rings. The van der Waals surface area contributed by atoms with Crippen molar-refractivity contribution in [2.75, 3.05) is 44.7 Å². The molecule has 3 heterocycles. The fourth-order valence-electron chi connectivity index (χ4n) is 5.15. The van der Waals surface area contributed by atoms with Gasteiger partial charge in [-0.15, -0.1) is 0 Å². The highest BCUT2D eigenvalue weighted by atomic mass is 35.5. The lowest BCUT2D eigenvalue weighted by molar-refractivity contribution is -0.125. The predicted molar refractivity (Wildman–Crippen MR) is 144 cm³/mol. The van der Waals surface area contributed by atoms with Crippen LogP contribution in [-0.2, 0) is 11.3 Å². The molecule has 0 spiro atoms. The third kappa shape index (κ3) is 6.25. The van der Waals surface area contributed by atoms with Gasteiger partial charge < -0.3 is 19.5 Å². The molecule has 0 bridgehead atoms. The first-order valence-corrected chi connectivity index (χ1v) is 13.3. The minimum absolute atomic E-state index is 0.0136. The SMILES string of the molecule is COc1ccc(-c2noc(N3CCC(C(=O)NCC4CCN(Cc5ccc(C)cc5)C4)CC3)n2)c(Cl)c1. The third-order valence-electron chi connectivity index (χ3n) is 7.43. The van der Waals surface area contributed by atoms with Crippen LogP contribution in [0.2, 0.25) is 5.02 Å². The molecular weight excluding hydrogens is 490 g/mol. The van der Waals surface area contributed by atoms with Gasteiger partial charge in [0, 0.05) is 44.2 Å². The van der Waals surface area contributed by atoms with Crippen LogP contribution >= 0.6 is 11.6 Å². The number of hydrogen-bond donors (Lipinski definition) is 1. The number of amides is 1. The van der Waals surface area contributed by atoms with Crippen LogP contribution in [0.15, 0.2) is 47.0 Å². The number of hydrogen-bond acceptors (Lipinski definition) is 7. The van der Waals surface area contributed by atoms with Crippen LogP contribution in [0.4, 0.5) is 6.01 Å². The lowest BCUT2D eigenvalue weighted by Crippen LogP contribution is -2.42. The van der Waals surface area contributed by atoms with Gasteiger partial charge in [0.05, 0.1) is 12.1 Å². The number of benzene rings is 2. The second kappa shape index (κ2) is 11.5. The topological polar surface area (TPSA) is 83.7 Å². The molecule has 0 radical (unpaired) electrons. The smallest absolute Gasteiger partial charge is 0.324 e. The Balaban J connectivity index is 1.06. The van der Waals surface area contributed by atoms with Crippen LogP contribution in [0.3, 0.4) is 0 Å². The van der Waals surface area contributed by atoms with Crippen molar-refractivity contribution in [3.05, 3.63) is 58.6 Å². The zero-order chi connectivity index (χ0) is 25.8. The van der Waals surface area contributed by atoms with Crippen molar-refractivity contribution in [1.29, 1.82) is 0 Å². The molecule has 0 saturated carbocycles. The van der Waals surface area contributed by atoms with Gasteiger partial charge in [0.15, 0.2) is 0 Å². The molecule has 2 fully saturated rings. The molecule has 2 aliphatic heterocycles. The number of nitrogens with zero attached hydrogens (tertiary/aromatic N) is 4. The van der Waals surface area contributed by atoms with Crippen LogP contribution in [0.25, 0.3) is 11.4 Å². The number of methoxy groups -OCH3 is 1. The van der Waals surface area contributed by atoms with Crippen molar-refractivity contribution in [1.82, 2.24) is 20.4 Å². The van der Waals surface area contributed by atoms with E-state index in [9.17, 15) is 4.79 Å². The van der Waals surface area contributed by atoms with Crippen molar-refractivity contribution in [2.45, 2.75) is 32.7 Å². The van der Waals surface area contributed by atoms with E-state index < -0.39 is 0 Å². The summed E-state index contributed by atoms with van der Waals surface area (Å²) in [6.45, 7) is 7.35. The Labute approximate surface area is 222 Å². The Bertz CT molecular complexity index is 1210. The lowest BCUT2D eigenvalue weighted by atomic mass is 9.96. The first-order valence-electron chi connectivity index (χ1n) is 13.0. The van der Waals surface area contributed by atoms with E-state index in [1.807, 2.05) is 17.0 Å². The molecule has 1 N–H and O–H groups in total. The molecule has 5 rings (SSSR count). The first-order chi connectivity index (χ1) is 18.0. The summed E-state index contributed by atoms with van der Waals surface area (Å²) in [5, 5.41) is 7.83. The fourth-order valence-corrected chi connectivity index (χ4v) is 5.41. The average Bonchev–Trinajstić information content (AvgIpc) is 3.58. The van der Waals surface area contributed by atoms with Gasteiger partial charge in [0.25, 0.3) is 0 Å². The van der Waals surface area contributed by atoms with Crippen molar-refractivity contribution < 1.29 is 14.1 Å². The van der Waals surface area contributed by atoms with Crippen LogP contribution in [0.1, 0.15) is 30.4 Å². The zero-order valence-electron chi connectivity index (χ0n) is 21.5. The van der Waals surface area contributed by atoms with Gasteiger partial charge in [0.1, 0.15) is 5.75 Å². The summed E-state index contributed by atoms with van der Waals surface area (Å²) in [4.78, 5) is 21.9. The Hall–Kier alpha value is -3.10. The number of carbonyl (C=O) groups is 1. The quantitative estimate of drug-likeness (QED) is 0.463. The van der Waals surface area contributed by atoms with Crippen molar-refractivity contribution in [3.8, 4) is 17.1 Å².